The highest BCUT2D eigenvalue weighted by Crippen LogP contribution is 2.29. The molecule has 0 spiro atoms. The maximum absolute atomic E-state index is 4.48. The molecule has 0 amide bonds. The lowest BCUT2D eigenvalue weighted by Gasteiger charge is -2.34. The lowest BCUT2D eigenvalue weighted by atomic mass is 9.91. The molecule has 1 aromatic rings. The molecular formula is C13H22N2S. The Morgan fingerprint density at radius 3 is 2.75 bits per heavy atom. The molecule has 2 nitrogen and oxygen atoms in total. The number of nitrogens with one attached hydrogen (secondary N) is 1. The van der Waals surface area contributed by atoms with Gasteiger partial charge < -0.3 is 5.32 Å². The Balaban J connectivity index is 2.03. The van der Waals surface area contributed by atoms with Gasteiger partial charge in [-0.1, -0.05) is 26.2 Å². The molecule has 1 fully saturated rings. The monoisotopic (exact) mass is 238 g/mol. The minimum atomic E-state index is 0.0795. The van der Waals surface area contributed by atoms with Crippen LogP contribution in [0.1, 0.15) is 57.4 Å². The molecule has 1 saturated carbocycles. The molecule has 1 heterocycles. The van der Waals surface area contributed by atoms with Crippen LogP contribution in [0, 0.1) is 0 Å². The highest BCUT2D eigenvalue weighted by Gasteiger charge is 2.30. The molecule has 1 unspecified atom stereocenters. The summed E-state index contributed by atoms with van der Waals surface area (Å²) in [7, 11) is 0. The zero-order valence-electron chi connectivity index (χ0n) is 10.3. The summed E-state index contributed by atoms with van der Waals surface area (Å²) in [6.07, 6.45) is 9.87. The average Bonchev–Trinajstić information content (AvgIpc) is 2.84. The van der Waals surface area contributed by atoms with E-state index >= 15 is 0 Å². The van der Waals surface area contributed by atoms with E-state index in [-0.39, 0.29) is 5.54 Å². The number of hydrogen-bond acceptors (Lipinski definition) is 3. The van der Waals surface area contributed by atoms with E-state index in [2.05, 4.69) is 29.5 Å². The van der Waals surface area contributed by atoms with E-state index in [4.69, 9.17) is 0 Å². The molecule has 2 rings (SSSR count). The summed E-state index contributed by atoms with van der Waals surface area (Å²) >= 11 is 1.77. The van der Waals surface area contributed by atoms with Gasteiger partial charge in [0.25, 0.3) is 0 Å². The van der Waals surface area contributed by atoms with Crippen LogP contribution in [0.5, 0.6) is 0 Å². The van der Waals surface area contributed by atoms with Crippen LogP contribution >= 0.6 is 11.3 Å². The summed E-state index contributed by atoms with van der Waals surface area (Å²) in [5, 5.41) is 7.14. The molecule has 0 saturated heterocycles. The molecule has 16 heavy (non-hydrogen) atoms. The molecule has 3 heteroatoms. The fourth-order valence-corrected chi connectivity index (χ4v) is 3.34. The highest BCUT2D eigenvalue weighted by atomic mass is 32.1. The van der Waals surface area contributed by atoms with Crippen molar-refractivity contribution in [1.82, 2.24) is 10.3 Å². The summed E-state index contributed by atoms with van der Waals surface area (Å²) in [5.74, 6) is 0. The van der Waals surface area contributed by atoms with Gasteiger partial charge in [-0.05, 0) is 26.2 Å². The lowest BCUT2D eigenvalue weighted by molar-refractivity contribution is 0.258. The predicted molar refractivity (Wildman–Crippen MR) is 69.8 cm³/mol. The third kappa shape index (κ3) is 2.64. The molecule has 1 aliphatic carbocycles. The summed E-state index contributed by atoms with van der Waals surface area (Å²) in [5.41, 5.74) is 0.0795. The first kappa shape index (κ1) is 12.1. The van der Waals surface area contributed by atoms with Gasteiger partial charge in [-0.15, -0.1) is 11.3 Å². The lowest BCUT2D eigenvalue weighted by Crippen LogP contribution is -2.46. The zero-order valence-corrected chi connectivity index (χ0v) is 11.1. The van der Waals surface area contributed by atoms with E-state index in [0.717, 1.165) is 6.42 Å². The Morgan fingerprint density at radius 1 is 1.44 bits per heavy atom. The average molecular weight is 238 g/mol. The molecule has 0 aliphatic heterocycles. The smallest absolute Gasteiger partial charge is 0.112 e. The molecular weight excluding hydrogens is 216 g/mol. The number of thiazole rings is 1. The second-order valence-electron chi connectivity index (χ2n) is 5.00. The maximum atomic E-state index is 4.48. The van der Waals surface area contributed by atoms with Crippen LogP contribution in [0.2, 0.25) is 0 Å². The Hall–Kier alpha value is -0.410. The fraction of sp³-hybridized carbons (Fsp3) is 0.769. The van der Waals surface area contributed by atoms with Crippen LogP contribution < -0.4 is 5.32 Å². The highest BCUT2D eigenvalue weighted by molar-refractivity contribution is 7.09. The van der Waals surface area contributed by atoms with Crippen molar-refractivity contribution in [2.75, 3.05) is 0 Å². The third-order valence-electron chi connectivity index (χ3n) is 3.74. The predicted octanol–water partition coefficient (Wildman–Crippen LogP) is 3.69. The van der Waals surface area contributed by atoms with Crippen molar-refractivity contribution in [3.05, 3.63) is 16.6 Å². The van der Waals surface area contributed by atoms with Gasteiger partial charge in [-0.25, -0.2) is 4.98 Å². The van der Waals surface area contributed by atoms with Crippen molar-refractivity contribution in [3.63, 3.8) is 0 Å². The van der Waals surface area contributed by atoms with Gasteiger partial charge in [0.15, 0.2) is 0 Å². The van der Waals surface area contributed by atoms with Gasteiger partial charge in [-0.2, -0.15) is 0 Å². The third-order valence-corrected chi connectivity index (χ3v) is 4.78. The van der Waals surface area contributed by atoms with Gasteiger partial charge in [0.05, 0.1) is 5.54 Å². The number of hydrogen-bond donors (Lipinski definition) is 1. The fourth-order valence-electron chi connectivity index (χ4n) is 2.51. The standard InChI is InChI=1S/C13H22N2S/c1-3-13(2,12-14-9-10-16-12)15-11-7-5-4-6-8-11/h9-11,15H,3-8H2,1-2H3. The molecule has 1 atom stereocenters. The second kappa shape index (κ2) is 5.28. The first-order valence-electron chi connectivity index (χ1n) is 6.42. The Morgan fingerprint density at radius 2 is 2.19 bits per heavy atom. The molecule has 0 bridgehead atoms. The molecule has 0 aromatic carbocycles. The minimum Gasteiger partial charge on any atom is -0.303 e. The van der Waals surface area contributed by atoms with E-state index in [9.17, 15) is 0 Å². The first-order valence-corrected chi connectivity index (χ1v) is 7.30. The van der Waals surface area contributed by atoms with Crippen molar-refractivity contribution >= 4 is 11.3 Å². The van der Waals surface area contributed by atoms with Gasteiger partial charge >= 0.3 is 0 Å². The summed E-state index contributed by atoms with van der Waals surface area (Å²) in [4.78, 5) is 4.48. The van der Waals surface area contributed by atoms with E-state index in [1.165, 1.54) is 37.1 Å². The first-order chi connectivity index (χ1) is 7.74. The van der Waals surface area contributed by atoms with Gasteiger partial charge in [-0.3, -0.25) is 0 Å². The zero-order chi connectivity index (χ0) is 11.4. The SMILES string of the molecule is CCC(C)(NC1CCCCC1)c1nccs1. The van der Waals surface area contributed by atoms with E-state index in [1.807, 2.05) is 6.20 Å². The van der Waals surface area contributed by atoms with Gasteiger partial charge in [0, 0.05) is 17.6 Å². The van der Waals surface area contributed by atoms with Crippen LogP contribution in [0.3, 0.4) is 0 Å². The number of rotatable bonds is 4. The summed E-state index contributed by atoms with van der Waals surface area (Å²) in [6, 6.07) is 0.697. The Bertz CT molecular complexity index is 304. The molecule has 1 aliphatic rings. The van der Waals surface area contributed by atoms with E-state index < -0.39 is 0 Å². The second-order valence-corrected chi connectivity index (χ2v) is 5.90. The topological polar surface area (TPSA) is 24.9 Å². The summed E-state index contributed by atoms with van der Waals surface area (Å²) in [6.45, 7) is 4.54. The maximum Gasteiger partial charge on any atom is 0.112 e. The van der Waals surface area contributed by atoms with Crippen LogP contribution in [0.15, 0.2) is 11.6 Å². The van der Waals surface area contributed by atoms with Crippen molar-refractivity contribution in [2.24, 2.45) is 0 Å². The van der Waals surface area contributed by atoms with Crippen molar-refractivity contribution in [3.8, 4) is 0 Å². The number of nitrogens with zero attached hydrogens (tertiary/aromatic N) is 1. The van der Waals surface area contributed by atoms with Gasteiger partial charge in [0.2, 0.25) is 0 Å². The van der Waals surface area contributed by atoms with Crippen LogP contribution in [0.4, 0.5) is 0 Å². The van der Waals surface area contributed by atoms with Crippen molar-refractivity contribution < 1.29 is 0 Å². The van der Waals surface area contributed by atoms with Gasteiger partial charge in [0.1, 0.15) is 5.01 Å². The molecule has 0 radical (unpaired) electrons. The summed E-state index contributed by atoms with van der Waals surface area (Å²) < 4.78 is 0. The minimum absolute atomic E-state index is 0.0795. The van der Waals surface area contributed by atoms with E-state index in [1.54, 1.807) is 11.3 Å². The molecule has 1 N–H and O–H groups in total. The normalized spacial score (nSPS) is 21.9. The molecule has 1 aromatic heterocycles. The Labute approximate surface area is 102 Å². The van der Waals surface area contributed by atoms with Crippen LogP contribution in [0.25, 0.3) is 0 Å². The quantitative estimate of drug-likeness (QED) is 0.865. The Kier molecular flexibility index (Phi) is 3.98. The largest absolute Gasteiger partial charge is 0.303 e. The van der Waals surface area contributed by atoms with E-state index in [0.29, 0.717) is 6.04 Å². The molecule has 90 valence electrons. The van der Waals surface area contributed by atoms with Crippen molar-refractivity contribution in [1.29, 1.82) is 0 Å². The number of aromatic nitrogens is 1. The van der Waals surface area contributed by atoms with Crippen LogP contribution in [-0.4, -0.2) is 11.0 Å². The van der Waals surface area contributed by atoms with Crippen LogP contribution in [-0.2, 0) is 5.54 Å². The van der Waals surface area contributed by atoms with Crippen molar-refractivity contribution in [2.45, 2.75) is 64.0 Å².